The van der Waals surface area contributed by atoms with Gasteiger partial charge in [-0.15, -0.1) is 0 Å². The summed E-state index contributed by atoms with van der Waals surface area (Å²) in [7, 11) is -2.17. The molecule has 0 atom stereocenters. The molecule has 0 bridgehead atoms. The van der Waals surface area contributed by atoms with E-state index in [1.165, 1.54) is 34.8 Å². The van der Waals surface area contributed by atoms with Gasteiger partial charge < -0.3 is 13.9 Å². The molecule has 0 aliphatic carbocycles. The molecule has 192 valence electrons. The van der Waals surface area contributed by atoms with E-state index in [4.69, 9.17) is 37.1 Å². The summed E-state index contributed by atoms with van der Waals surface area (Å²) in [6.45, 7) is 2.35. The van der Waals surface area contributed by atoms with Crippen molar-refractivity contribution in [3.8, 4) is 11.5 Å². The summed E-state index contributed by atoms with van der Waals surface area (Å²) < 4.78 is 44.1. The molecule has 0 radical (unpaired) electrons. The minimum Gasteiger partial charge on any atom is -0.497 e. The first kappa shape index (κ1) is 26.5. The molecular formula is C25H26Cl2N2O6S. The molecule has 0 saturated carbocycles. The second-order valence-corrected chi connectivity index (χ2v) is 11.1. The summed E-state index contributed by atoms with van der Waals surface area (Å²) in [5.41, 5.74) is 0.581. The standard InChI is InChI=1S/C25H26Cl2N2O6S/c1-33-20-5-2-4-18(12-20)16-35-24-17-34-21(14-23(24)30)15-28-8-3-9-29(11-10-28)36(31,32)25-7-6-19(26)13-22(25)27/h2,4-7,12-14,17H,3,8-11,15-16H2,1H3. The maximum Gasteiger partial charge on any atom is 0.244 e. The summed E-state index contributed by atoms with van der Waals surface area (Å²) >= 11 is 12.1. The molecule has 1 saturated heterocycles. The molecule has 1 aliphatic rings. The van der Waals surface area contributed by atoms with Gasteiger partial charge in [0, 0.05) is 30.7 Å². The molecule has 1 aromatic heterocycles. The number of rotatable bonds is 8. The van der Waals surface area contributed by atoms with Crippen LogP contribution in [0, 0.1) is 0 Å². The van der Waals surface area contributed by atoms with E-state index in [1.54, 1.807) is 7.11 Å². The van der Waals surface area contributed by atoms with Crippen molar-refractivity contribution < 1.29 is 22.3 Å². The molecule has 0 spiro atoms. The Hall–Kier alpha value is -2.56. The number of benzene rings is 2. The third kappa shape index (κ3) is 6.41. The minimum atomic E-state index is -3.76. The number of hydrogen-bond acceptors (Lipinski definition) is 7. The minimum absolute atomic E-state index is 0.0394. The highest BCUT2D eigenvalue weighted by Gasteiger charge is 2.29. The van der Waals surface area contributed by atoms with Gasteiger partial charge in [0.15, 0.2) is 0 Å². The van der Waals surface area contributed by atoms with E-state index in [9.17, 15) is 13.2 Å². The Morgan fingerprint density at radius 3 is 2.61 bits per heavy atom. The lowest BCUT2D eigenvalue weighted by Gasteiger charge is -2.22. The zero-order chi connectivity index (χ0) is 25.7. The summed E-state index contributed by atoms with van der Waals surface area (Å²) in [6.07, 6.45) is 1.94. The van der Waals surface area contributed by atoms with Crippen LogP contribution in [0.4, 0.5) is 0 Å². The van der Waals surface area contributed by atoms with Crippen molar-refractivity contribution in [2.24, 2.45) is 0 Å². The Balaban J connectivity index is 1.36. The van der Waals surface area contributed by atoms with Gasteiger partial charge in [0.2, 0.25) is 21.2 Å². The number of halogens is 2. The first-order valence-electron chi connectivity index (χ1n) is 11.3. The highest BCUT2D eigenvalue weighted by Crippen LogP contribution is 2.28. The van der Waals surface area contributed by atoms with Crippen molar-refractivity contribution in [2.75, 3.05) is 33.3 Å². The van der Waals surface area contributed by atoms with Crippen LogP contribution < -0.4 is 14.9 Å². The topological polar surface area (TPSA) is 89.3 Å². The largest absolute Gasteiger partial charge is 0.497 e. The maximum absolute atomic E-state index is 13.1. The average molecular weight is 553 g/mol. The van der Waals surface area contributed by atoms with Gasteiger partial charge >= 0.3 is 0 Å². The predicted molar refractivity (Wildman–Crippen MR) is 137 cm³/mol. The van der Waals surface area contributed by atoms with Crippen LogP contribution in [0.1, 0.15) is 17.7 Å². The monoisotopic (exact) mass is 552 g/mol. The molecule has 0 amide bonds. The second-order valence-electron chi connectivity index (χ2n) is 8.32. The van der Waals surface area contributed by atoms with Crippen LogP contribution in [-0.2, 0) is 23.2 Å². The SMILES string of the molecule is COc1cccc(COc2coc(CN3CCCN(S(=O)(=O)c4ccc(Cl)cc4Cl)CC3)cc2=O)c1. The Morgan fingerprint density at radius 2 is 1.86 bits per heavy atom. The molecule has 4 rings (SSSR count). The van der Waals surface area contributed by atoms with Crippen LogP contribution in [0.3, 0.4) is 0 Å². The van der Waals surface area contributed by atoms with Crippen molar-refractivity contribution >= 4 is 33.2 Å². The summed E-state index contributed by atoms with van der Waals surface area (Å²) in [5, 5.41) is 0.471. The number of sulfonamides is 1. The third-order valence-corrected chi connectivity index (χ3v) is 8.44. The van der Waals surface area contributed by atoms with E-state index in [2.05, 4.69) is 0 Å². The van der Waals surface area contributed by atoms with Gasteiger partial charge in [-0.1, -0.05) is 35.3 Å². The van der Waals surface area contributed by atoms with Gasteiger partial charge in [-0.05, 0) is 48.9 Å². The van der Waals surface area contributed by atoms with Crippen molar-refractivity contribution in [3.05, 3.63) is 86.4 Å². The molecular weight excluding hydrogens is 527 g/mol. The molecule has 1 aliphatic heterocycles. The second kappa shape index (κ2) is 11.7. The summed E-state index contributed by atoms with van der Waals surface area (Å²) in [5.74, 6) is 1.30. The third-order valence-electron chi connectivity index (χ3n) is 5.82. The van der Waals surface area contributed by atoms with Crippen LogP contribution in [0.15, 0.2) is 68.9 Å². The quantitative estimate of drug-likeness (QED) is 0.408. The van der Waals surface area contributed by atoms with Gasteiger partial charge in [0.1, 0.15) is 29.3 Å². The molecule has 2 heterocycles. The smallest absolute Gasteiger partial charge is 0.244 e. The van der Waals surface area contributed by atoms with Crippen LogP contribution in [0.5, 0.6) is 11.5 Å². The number of hydrogen-bond donors (Lipinski definition) is 0. The van der Waals surface area contributed by atoms with Crippen LogP contribution in [-0.4, -0.2) is 50.9 Å². The number of nitrogens with zero attached hydrogens (tertiary/aromatic N) is 2. The molecule has 11 heteroatoms. The zero-order valence-electron chi connectivity index (χ0n) is 19.7. The molecule has 3 aromatic rings. The number of methoxy groups -OCH3 is 1. The first-order chi connectivity index (χ1) is 17.3. The van der Waals surface area contributed by atoms with Gasteiger partial charge in [0.25, 0.3) is 0 Å². The normalized spacial score (nSPS) is 15.4. The molecule has 0 unspecified atom stereocenters. The molecule has 8 nitrogen and oxygen atoms in total. The van der Waals surface area contributed by atoms with Crippen molar-refractivity contribution in [2.45, 2.75) is 24.5 Å². The zero-order valence-corrected chi connectivity index (χ0v) is 22.0. The van der Waals surface area contributed by atoms with Gasteiger partial charge in [-0.2, -0.15) is 4.31 Å². The van der Waals surface area contributed by atoms with E-state index in [0.717, 1.165) is 5.56 Å². The lowest BCUT2D eigenvalue weighted by molar-refractivity contribution is 0.245. The van der Waals surface area contributed by atoms with Crippen LogP contribution >= 0.6 is 23.2 Å². The lowest BCUT2D eigenvalue weighted by Crippen LogP contribution is -2.35. The average Bonchev–Trinajstić information content (AvgIpc) is 3.09. The molecule has 36 heavy (non-hydrogen) atoms. The van der Waals surface area contributed by atoms with Crippen molar-refractivity contribution in [3.63, 3.8) is 0 Å². The Morgan fingerprint density at radius 1 is 1.03 bits per heavy atom. The lowest BCUT2D eigenvalue weighted by atomic mass is 10.2. The van der Waals surface area contributed by atoms with E-state index in [1.807, 2.05) is 29.2 Å². The van der Waals surface area contributed by atoms with Gasteiger partial charge in [-0.25, -0.2) is 8.42 Å². The fourth-order valence-electron chi connectivity index (χ4n) is 3.94. The maximum atomic E-state index is 13.1. The van der Waals surface area contributed by atoms with Crippen LogP contribution in [0.2, 0.25) is 10.0 Å². The Bertz CT molecular complexity index is 1380. The molecule has 2 aromatic carbocycles. The molecule has 0 N–H and O–H groups in total. The van der Waals surface area contributed by atoms with Crippen molar-refractivity contribution in [1.82, 2.24) is 9.21 Å². The van der Waals surface area contributed by atoms with Gasteiger partial charge in [-0.3, -0.25) is 9.69 Å². The summed E-state index contributed by atoms with van der Waals surface area (Å²) in [4.78, 5) is 14.6. The Labute approximate surface area is 220 Å². The van der Waals surface area contributed by atoms with E-state index in [0.29, 0.717) is 49.1 Å². The number of ether oxygens (including phenoxy) is 2. The fourth-order valence-corrected chi connectivity index (χ4v) is 6.16. The predicted octanol–water partition coefficient (Wildman–Crippen LogP) is 4.43. The highest BCUT2D eigenvalue weighted by atomic mass is 35.5. The van der Waals surface area contributed by atoms with Gasteiger partial charge in [0.05, 0.1) is 18.7 Å². The highest BCUT2D eigenvalue weighted by molar-refractivity contribution is 7.89. The fraction of sp³-hybridized carbons (Fsp3) is 0.320. The Kier molecular flexibility index (Phi) is 8.58. The molecule has 1 fully saturated rings. The van der Waals surface area contributed by atoms with Crippen molar-refractivity contribution in [1.29, 1.82) is 0 Å². The van der Waals surface area contributed by atoms with E-state index >= 15 is 0 Å². The van der Waals surface area contributed by atoms with E-state index < -0.39 is 10.0 Å². The van der Waals surface area contributed by atoms with Crippen LogP contribution in [0.25, 0.3) is 0 Å². The van der Waals surface area contributed by atoms with E-state index in [-0.39, 0.29) is 34.2 Å². The summed E-state index contributed by atoms with van der Waals surface area (Å²) in [6, 6.07) is 13.2. The first-order valence-corrected chi connectivity index (χ1v) is 13.5.